The molecule has 0 unspecified atom stereocenters. The molecule has 174 valence electrons. The first-order valence-electron chi connectivity index (χ1n) is 11.0. The van der Waals surface area contributed by atoms with Gasteiger partial charge in [-0.2, -0.15) is 0 Å². The molecule has 1 amide bonds. The Morgan fingerprint density at radius 3 is 2.68 bits per heavy atom. The molecule has 1 aliphatic carbocycles. The Balaban J connectivity index is 1.83. The van der Waals surface area contributed by atoms with Crippen LogP contribution in [0, 0.1) is 0 Å². The van der Waals surface area contributed by atoms with Gasteiger partial charge in [-0.15, -0.1) is 0 Å². The van der Waals surface area contributed by atoms with Crippen LogP contribution in [0.5, 0.6) is 11.5 Å². The van der Waals surface area contributed by atoms with Gasteiger partial charge in [0.15, 0.2) is 18.1 Å². The molecule has 1 N–H and O–H groups in total. The highest BCUT2D eigenvalue weighted by atomic mass is 16.5. The van der Waals surface area contributed by atoms with E-state index < -0.39 is 11.9 Å². The van der Waals surface area contributed by atoms with Crippen molar-refractivity contribution in [2.24, 2.45) is 0 Å². The minimum atomic E-state index is -0.547. The van der Waals surface area contributed by atoms with Crippen LogP contribution in [-0.4, -0.2) is 37.7 Å². The molecular weight excluding hydrogens is 432 g/mol. The summed E-state index contributed by atoms with van der Waals surface area (Å²) in [6.07, 6.45) is 5.62. The normalized spacial score (nSPS) is 13.8. The Kier molecular flexibility index (Phi) is 6.92. The topological polar surface area (TPSA) is 86.8 Å². The third-order valence-electron chi connectivity index (χ3n) is 5.73. The van der Waals surface area contributed by atoms with E-state index in [-0.39, 0.29) is 6.61 Å². The molecule has 1 aromatic heterocycles. The van der Waals surface area contributed by atoms with Gasteiger partial charge < -0.3 is 19.5 Å². The van der Waals surface area contributed by atoms with Crippen LogP contribution in [0.2, 0.25) is 0 Å². The number of ether oxygens (including phenoxy) is 3. The second kappa shape index (κ2) is 10.2. The molecule has 0 spiro atoms. The summed E-state index contributed by atoms with van der Waals surface area (Å²) in [4.78, 5) is 29.9. The fourth-order valence-corrected chi connectivity index (χ4v) is 4.28. The van der Waals surface area contributed by atoms with Crippen LogP contribution in [-0.2, 0) is 16.0 Å². The van der Waals surface area contributed by atoms with Crippen molar-refractivity contribution in [2.75, 3.05) is 20.8 Å². The Labute approximate surface area is 198 Å². The molecule has 0 fully saturated rings. The molecule has 0 atom stereocenters. The fraction of sp³-hybridized carbons (Fsp3) is 0.222. The number of esters is 1. The van der Waals surface area contributed by atoms with Crippen molar-refractivity contribution in [1.29, 1.82) is 0 Å². The molecule has 34 heavy (non-hydrogen) atoms. The van der Waals surface area contributed by atoms with Gasteiger partial charge in [0.1, 0.15) is 0 Å². The lowest BCUT2D eigenvalue weighted by Gasteiger charge is -2.22. The number of aromatic nitrogens is 1. The smallest absolute Gasteiger partial charge is 0.339 e. The molecule has 0 saturated heterocycles. The van der Waals surface area contributed by atoms with Crippen molar-refractivity contribution in [2.45, 2.75) is 19.3 Å². The van der Waals surface area contributed by atoms with Crippen molar-refractivity contribution in [3.8, 4) is 11.5 Å². The predicted molar refractivity (Wildman–Crippen MR) is 131 cm³/mol. The summed E-state index contributed by atoms with van der Waals surface area (Å²) >= 11 is 0. The first-order chi connectivity index (χ1) is 16.6. The average molecular weight is 459 g/mol. The summed E-state index contributed by atoms with van der Waals surface area (Å²) in [5, 5.41) is 3.11. The van der Waals surface area contributed by atoms with Crippen molar-refractivity contribution in [3.63, 3.8) is 0 Å². The van der Waals surface area contributed by atoms with Crippen molar-refractivity contribution in [3.05, 3.63) is 77.6 Å². The number of carbonyl (C=O) groups excluding carboxylic acids is 2. The third kappa shape index (κ3) is 4.50. The number of para-hydroxylation sites is 2. The molecule has 0 radical (unpaired) electrons. The predicted octanol–water partition coefficient (Wildman–Crippen LogP) is 4.55. The van der Waals surface area contributed by atoms with Crippen LogP contribution in [0.4, 0.5) is 0 Å². The second-order valence-electron chi connectivity index (χ2n) is 7.78. The third-order valence-corrected chi connectivity index (χ3v) is 5.73. The molecule has 3 aromatic rings. The summed E-state index contributed by atoms with van der Waals surface area (Å²) in [7, 11) is 3.21. The molecule has 2 aromatic carbocycles. The van der Waals surface area contributed by atoms with Gasteiger partial charge in [0.05, 0.1) is 31.0 Å². The van der Waals surface area contributed by atoms with Gasteiger partial charge in [-0.25, -0.2) is 9.78 Å². The van der Waals surface area contributed by atoms with Crippen molar-refractivity contribution >= 4 is 34.4 Å². The van der Waals surface area contributed by atoms with Gasteiger partial charge in [0, 0.05) is 10.9 Å². The van der Waals surface area contributed by atoms with E-state index in [0.29, 0.717) is 34.4 Å². The Morgan fingerprint density at radius 2 is 1.91 bits per heavy atom. The van der Waals surface area contributed by atoms with E-state index in [1.807, 2.05) is 48.5 Å². The number of nitrogens with one attached hydrogen (secondary N) is 1. The monoisotopic (exact) mass is 458 g/mol. The maximum absolute atomic E-state index is 13.2. The lowest BCUT2D eigenvalue weighted by atomic mass is 9.86. The molecule has 0 bridgehead atoms. The minimum absolute atomic E-state index is 0.389. The Morgan fingerprint density at radius 1 is 1.09 bits per heavy atom. The van der Waals surface area contributed by atoms with Gasteiger partial charge in [-0.05, 0) is 54.8 Å². The number of methoxy groups -OCH3 is 2. The first-order valence-corrected chi connectivity index (χ1v) is 11.0. The number of allylic oxidation sites excluding steroid dienone is 1. The number of benzene rings is 2. The summed E-state index contributed by atoms with van der Waals surface area (Å²) in [5.74, 6) is 0.287. The summed E-state index contributed by atoms with van der Waals surface area (Å²) in [6.45, 7) is 3.06. The number of rotatable bonds is 7. The van der Waals surface area contributed by atoms with E-state index in [1.165, 1.54) is 6.20 Å². The highest BCUT2D eigenvalue weighted by molar-refractivity contribution is 6.07. The summed E-state index contributed by atoms with van der Waals surface area (Å²) in [5.41, 5.74) is 4.59. The number of carbonyl (C=O) groups is 2. The highest BCUT2D eigenvalue weighted by Crippen LogP contribution is 2.39. The average Bonchev–Trinajstić information content (AvgIpc) is 2.86. The van der Waals surface area contributed by atoms with Crippen molar-refractivity contribution in [1.82, 2.24) is 10.3 Å². The molecule has 4 rings (SSSR count). The first kappa shape index (κ1) is 23.0. The van der Waals surface area contributed by atoms with E-state index in [1.54, 1.807) is 14.2 Å². The number of nitrogens with zero attached hydrogens (tertiary/aromatic N) is 1. The zero-order valence-corrected chi connectivity index (χ0v) is 19.2. The van der Waals surface area contributed by atoms with Crippen LogP contribution in [0.1, 0.15) is 40.0 Å². The van der Waals surface area contributed by atoms with E-state index >= 15 is 0 Å². The van der Waals surface area contributed by atoms with Crippen LogP contribution in [0.3, 0.4) is 0 Å². The molecule has 7 nitrogen and oxygen atoms in total. The van der Waals surface area contributed by atoms with Crippen LogP contribution >= 0.6 is 0 Å². The van der Waals surface area contributed by atoms with Gasteiger partial charge in [0.2, 0.25) is 0 Å². The van der Waals surface area contributed by atoms with E-state index in [4.69, 9.17) is 19.2 Å². The SMILES string of the molecule is C=CNC(=O)COC(=O)c1c2c(nc3ccccc13)/C(=C\c1cccc(OC)c1OC)CCC2. The standard InChI is InChI=1S/C27H26N2O5/c1-4-28-23(30)16-34-27(31)24-19-11-5-6-13-21(19)29-25-17(9-7-12-20(24)25)15-18-10-8-14-22(32-2)26(18)33-3/h4-6,8,10-11,13-15H,1,7,9,12,16H2,2-3H3,(H,28,30)/b17-15-. The van der Waals surface area contributed by atoms with Crippen LogP contribution in [0.15, 0.2) is 55.2 Å². The minimum Gasteiger partial charge on any atom is -0.493 e. The maximum Gasteiger partial charge on any atom is 0.339 e. The molecule has 0 aliphatic heterocycles. The quantitative estimate of drug-likeness (QED) is 0.523. The Bertz CT molecular complexity index is 1300. The number of fused-ring (bicyclic) bond motifs is 2. The van der Waals surface area contributed by atoms with E-state index in [0.717, 1.165) is 35.2 Å². The van der Waals surface area contributed by atoms with Gasteiger partial charge in [0.25, 0.3) is 5.91 Å². The highest BCUT2D eigenvalue weighted by Gasteiger charge is 2.26. The van der Waals surface area contributed by atoms with Gasteiger partial charge in [-0.3, -0.25) is 4.79 Å². The van der Waals surface area contributed by atoms with Crippen LogP contribution < -0.4 is 14.8 Å². The molecule has 1 aliphatic rings. The Hall–Kier alpha value is -4.13. The second-order valence-corrected chi connectivity index (χ2v) is 7.78. The number of hydrogen-bond acceptors (Lipinski definition) is 6. The fourth-order valence-electron chi connectivity index (χ4n) is 4.28. The van der Waals surface area contributed by atoms with E-state index in [2.05, 4.69) is 11.9 Å². The number of hydrogen-bond donors (Lipinski definition) is 1. The number of amides is 1. The molecular formula is C27H26N2O5. The zero-order valence-electron chi connectivity index (χ0n) is 19.2. The number of pyridine rings is 1. The summed E-state index contributed by atoms with van der Waals surface area (Å²) in [6, 6.07) is 13.2. The van der Waals surface area contributed by atoms with Crippen LogP contribution in [0.25, 0.3) is 22.6 Å². The maximum atomic E-state index is 13.2. The van der Waals surface area contributed by atoms with Gasteiger partial charge >= 0.3 is 5.97 Å². The lowest BCUT2D eigenvalue weighted by molar-refractivity contribution is -0.123. The zero-order chi connectivity index (χ0) is 24.1. The molecule has 1 heterocycles. The lowest BCUT2D eigenvalue weighted by Crippen LogP contribution is -2.25. The summed E-state index contributed by atoms with van der Waals surface area (Å²) < 4.78 is 16.4. The largest absolute Gasteiger partial charge is 0.493 e. The van der Waals surface area contributed by atoms with Crippen molar-refractivity contribution < 1.29 is 23.8 Å². The van der Waals surface area contributed by atoms with Gasteiger partial charge in [-0.1, -0.05) is 36.9 Å². The van der Waals surface area contributed by atoms with E-state index in [9.17, 15) is 9.59 Å². The molecule has 0 saturated carbocycles. The molecule has 7 heteroatoms.